The number of carboxylic acids is 1. The molecule has 0 radical (unpaired) electrons. The molecule has 0 aromatic carbocycles. The normalized spacial score (nSPS) is 13.9. The Balaban J connectivity index is 3.62. The third-order valence-electron chi connectivity index (χ3n) is 4.90. The molecule has 0 heterocycles. The molecule has 0 saturated heterocycles. The van der Waals surface area contributed by atoms with Gasteiger partial charge in [0.1, 0.15) is 6.04 Å². The van der Waals surface area contributed by atoms with Crippen molar-refractivity contribution in [1.29, 1.82) is 0 Å². The van der Waals surface area contributed by atoms with E-state index in [0.29, 0.717) is 6.42 Å². The lowest BCUT2D eigenvalue weighted by molar-refractivity contribution is -0.143. The fraction of sp³-hybridized carbons (Fsp3) is 0.739. The van der Waals surface area contributed by atoms with E-state index in [0.717, 1.165) is 38.5 Å². The third kappa shape index (κ3) is 15.2. The van der Waals surface area contributed by atoms with E-state index in [1.54, 1.807) is 0 Å². The van der Waals surface area contributed by atoms with Crippen molar-refractivity contribution in [1.82, 2.24) is 5.32 Å². The van der Waals surface area contributed by atoms with Crippen LogP contribution in [0, 0.1) is 5.92 Å². The molecule has 0 rings (SSSR count). The molecular weight excluding hydrogens is 338 g/mol. The Labute approximate surface area is 166 Å². The second-order valence-electron chi connectivity index (χ2n) is 7.40. The van der Waals surface area contributed by atoms with E-state index in [4.69, 9.17) is 0 Å². The maximum atomic E-state index is 11.9. The predicted octanol–water partition coefficient (Wildman–Crippen LogP) is 6.03. The molecule has 0 bridgehead atoms. The molecule has 4 nitrogen and oxygen atoms in total. The smallest absolute Gasteiger partial charge is 0.326 e. The van der Waals surface area contributed by atoms with Crippen LogP contribution in [0.4, 0.5) is 0 Å². The topological polar surface area (TPSA) is 66.4 Å². The van der Waals surface area contributed by atoms with Crippen LogP contribution in [0.5, 0.6) is 0 Å². The fourth-order valence-corrected chi connectivity index (χ4v) is 2.84. The molecule has 156 valence electrons. The minimum absolute atomic E-state index is 0.0497. The van der Waals surface area contributed by atoms with Gasteiger partial charge in [0.15, 0.2) is 0 Å². The maximum Gasteiger partial charge on any atom is 0.326 e. The monoisotopic (exact) mass is 379 g/mol. The van der Waals surface area contributed by atoms with Crippen LogP contribution in [0.1, 0.15) is 97.8 Å². The number of allylic oxidation sites excluding steroid dienone is 4. The molecule has 0 fully saturated rings. The zero-order chi connectivity index (χ0) is 20.3. The van der Waals surface area contributed by atoms with Crippen molar-refractivity contribution in [3.8, 4) is 0 Å². The second-order valence-corrected chi connectivity index (χ2v) is 7.40. The Morgan fingerprint density at radius 3 is 2.07 bits per heavy atom. The lowest BCUT2D eigenvalue weighted by Gasteiger charge is -2.20. The van der Waals surface area contributed by atoms with Gasteiger partial charge in [0.2, 0.25) is 5.91 Å². The van der Waals surface area contributed by atoms with Crippen molar-refractivity contribution in [2.45, 2.75) is 104 Å². The number of hydrogen-bond acceptors (Lipinski definition) is 2. The molecule has 0 aromatic rings. The van der Waals surface area contributed by atoms with Gasteiger partial charge < -0.3 is 10.4 Å². The molecule has 1 amide bonds. The summed E-state index contributed by atoms with van der Waals surface area (Å²) in [4.78, 5) is 23.1. The summed E-state index contributed by atoms with van der Waals surface area (Å²) >= 11 is 0. The van der Waals surface area contributed by atoms with Gasteiger partial charge in [0, 0.05) is 6.42 Å². The molecule has 4 heteroatoms. The summed E-state index contributed by atoms with van der Waals surface area (Å²) in [7, 11) is 0. The Kier molecular flexibility index (Phi) is 16.8. The van der Waals surface area contributed by atoms with Crippen molar-refractivity contribution >= 4 is 11.9 Å². The lowest BCUT2D eigenvalue weighted by Crippen LogP contribution is -2.44. The van der Waals surface area contributed by atoms with Crippen molar-refractivity contribution in [3.05, 3.63) is 24.3 Å². The second kappa shape index (κ2) is 17.8. The first-order valence-electron chi connectivity index (χ1n) is 10.8. The molecule has 0 aliphatic rings. The standard InChI is InChI=1S/C23H41NO3/c1-4-6-7-8-9-10-11-12-13-14-15-16-17-18-19-21(25)24-22(23(26)27)20(3)5-2/h8-9,11-12,20,22H,4-7,10,13-19H2,1-3H3,(H,24,25)(H,26,27)/b9-8-,12-11-/t20-,22-/m0/s1. The minimum Gasteiger partial charge on any atom is -0.480 e. The Morgan fingerprint density at radius 1 is 0.889 bits per heavy atom. The van der Waals surface area contributed by atoms with Crippen molar-refractivity contribution < 1.29 is 14.7 Å². The first-order valence-corrected chi connectivity index (χ1v) is 10.8. The number of aliphatic carboxylic acids is 1. The van der Waals surface area contributed by atoms with Crippen molar-refractivity contribution in [3.63, 3.8) is 0 Å². The van der Waals surface area contributed by atoms with Gasteiger partial charge in [-0.1, -0.05) is 83.6 Å². The molecule has 2 N–H and O–H groups in total. The highest BCUT2D eigenvalue weighted by molar-refractivity contribution is 5.83. The molecule has 0 saturated carbocycles. The highest BCUT2D eigenvalue weighted by atomic mass is 16.4. The lowest BCUT2D eigenvalue weighted by atomic mass is 9.99. The number of unbranched alkanes of at least 4 members (excludes halogenated alkanes) is 7. The van der Waals surface area contributed by atoms with E-state index in [9.17, 15) is 14.7 Å². The van der Waals surface area contributed by atoms with Gasteiger partial charge in [-0.15, -0.1) is 0 Å². The van der Waals surface area contributed by atoms with Crippen LogP contribution in [-0.4, -0.2) is 23.0 Å². The van der Waals surface area contributed by atoms with Crippen LogP contribution in [-0.2, 0) is 9.59 Å². The van der Waals surface area contributed by atoms with Gasteiger partial charge in [-0.05, 0) is 38.0 Å². The molecular formula is C23H41NO3. The molecule has 2 atom stereocenters. The summed E-state index contributed by atoms with van der Waals surface area (Å²) in [5, 5.41) is 11.9. The first kappa shape index (κ1) is 25.4. The molecule has 0 unspecified atom stereocenters. The average Bonchev–Trinajstić information content (AvgIpc) is 2.65. The first-order chi connectivity index (χ1) is 13.0. The van der Waals surface area contributed by atoms with Gasteiger partial charge in [-0.2, -0.15) is 0 Å². The zero-order valence-electron chi connectivity index (χ0n) is 17.7. The Bertz CT molecular complexity index is 443. The summed E-state index contributed by atoms with van der Waals surface area (Å²) in [6, 6.07) is -0.768. The van der Waals surface area contributed by atoms with E-state index in [-0.39, 0.29) is 11.8 Å². The third-order valence-corrected chi connectivity index (χ3v) is 4.90. The van der Waals surface area contributed by atoms with Gasteiger partial charge in [0.05, 0.1) is 0 Å². The van der Waals surface area contributed by atoms with Crippen LogP contribution >= 0.6 is 0 Å². The molecule has 0 aromatic heterocycles. The largest absolute Gasteiger partial charge is 0.480 e. The van der Waals surface area contributed by atoms with E-state index in [1.165, 1.54) is 32.1 Å². The predicted molar refractivity (Wildman–Crippen MR) is 114 cm³/mol. The highest BCUT2D eigenvalue weighted by Crippen LogP contribution is 2.10. The van der Waals surface area contributed by atoms with E-state index < -0.39 is 12.0 Å². The number of hydrogen-bond donors (Lipinski definition) is 2. The number of carboxylic acid groups (broad SMARTS) is 1. The number of rotatable bonds is 17. The zero-order valence-corrected chi connectivity index (χ0v) is 17.7. The van der Waals surface area contributed by atoms with Crippen LogP contribution in [0.3, 0.4) is 0 Å². The number of amides is 1. The summed E-state index contributed by atoms with van der Waals surface area (Å²) in [6.07, 6.45) is 21.4. The van der Waals surface area contributed by atoms with Crippen LogP contribution < -0.4 is 5.32 Å². The van der Waals surface area contributed by atoms with Crippen molar-refractivity contribution in [2.24, 2.45) is 5.92 Å². The van der Waals surface area contributed by atoms with Crippen LogP contribution in [0.2, 0.25) is 0 Å². The summed E-state index contributed by atoms with van der Waals surface area (Å²) in [6.45, 7) is 6.01. The Hall–Kier alpha value is -1.58. The van der Waals surface area contributed by atoms with Crippen LogP contribution in [0.15, 0.2) is 24.3 Å². The van der Waals surface area contributed by atoms with E-state index in [1.807, 2.05) is 13.8 Å². The van der Waals surface area contributed by atoms with Gasteiger partial charge >= 0.3 is 5.97 Å². The Morgan fingerprint density at radius 2 is 1.48 bits per heavy atom. The van der Waals surface area contributed by atoms with Gasteiger partial charge in [-0.25, -0.2) is 4.79 Å². The fourth-order valence-electron chi connectivity index (χ4n) is 2.84. The van der Waals surface area contributed by atoms with Crippen molar-refractivity contribution in [2.75, 3.05) is 0 Å². The SMILES string of the molecule is CCCC/C=C\C/C=C\CCCCCCCC(=O)N[C@H](C(=O)O)[C@@H](C)CC. The number of carbonyl (C=O) groups excluding carboxylic acids is 1. The summed E-state index contributed by atoms with van der Waals surface area (Å²) in [5.74, 6) is -1.13. The average molecular weight is 380 g/mol. The van der Waals surface area contributed by atoms with Crippen LogP contribution in [0.25, 0.3) is 0 Å². The summed E-state index contributed by atoms with van der Waals surface area (Å²) < 4.78 is 0. The highest BCUT2D eigenvalue weighted by Gasteiger charge is 2.24. The van der Waals surface area contributed by atoms with E-state index >= 15 is 0 Å². The van der Waals surface area contributed by atoms with E-state index in [2.05, 4.69) is 36.5 Å². The molecule has 27 heavy (non-hydrogen) atoms. The quantitative estimate of drug-likeness (QED) is 0.240. The molecule has 0 aliphatic heterocycles. The van der Waals surface area contributed by atoms with Gasteiger partial charge in [0.25, 0.3) is 0 Å². The number of nitrogens with one attached hydrogen (secondary N) is 1. The number of carbonyl (C=O) groups is 2. The maximum absolute atomic E-state index is 11.9. The van der Waals surface area contributed by atoms with Gasteiger partial charge in [-0.3, -0.25) is 4.79 Å². The summed E-state index contributed by atoms with van der Waals surface area (Å²) in [5.41, 5.74) is 0. The minimum atomic E-state index is -0.942. The molecule has 0 aliphatic carbocycles. The molecule has 0 spiro atoms.